The quantitative estimate of drug-likeness (QED) is 0.855. The summed E-state index contributed by atoms with van der Waals surface area (Å²) >= 11 is 0. The third-order valence-electron chi connectivity index (χ3n) is 3.92. The van der Waals surface area contributed by atoms with Crippen LogP contribution < -0.4 is 5.32 Å². The van der Waals surface area contributed by atoms with Crippen molar-refractivity contribution >= 4 is 17.6 Å². The molecule has 120 valence electrons. The van der Waals surface area contributed by atoms with E-state index in [-0.39, 0.29) is 11.7 Å². The Labute approximate surface area is 133 Å². The first-order valence-electron chi connectivity index (χ1n) is 7.62. The van der Waals surface area contributed by atoms with Gasteiger partial charge in [-0.1, -0.05) is 24.2 Å². The lowest BCUT2D eigenvalue weighted by atomic mass is 10.0. The molecule has 0 saturated heterocycles. The van der Waals surface area contributed by atoms with Crippen LogP contribution in [0.2, 0.25) is 0 Å². The molecular weight excluding hydrogens is 296 g/mol. The van der Waals surface area contributed by atoms with E-state index >= 15 is 0 Å². The number of nitrogens with one attached hydrogen (secondary N) is 1. The molecule has 6 nitrogen and oxygen atoms in total. The van der Waals surface area contributed by atoms with E-state index in [2.05, 4.69) is 10.5 Å². The third kappa shape index (κ3) is 3.77. The van der Waals surface area contributed by atoms with E-state index in [0.717, 1.165) is 24.1 Å². The molecule has 1 atom stereocenters. The molecule has 1 aromatic carbocycles. The lowest BCUT2D eigenvalue weighted by molar-refractivity contribution is -0.141. The molecule has 1 saturated carbocycles. The van der Waals surface area contributed by atoms with Crippen LogP contribution in [0.5, 0.6) is 0 Å². The van der Waals surface area contributed by atoms with Crippen LogP contribution in [0.3, 0.4) is 0 Å². The first kappa shape index (κ1) is 15.3. The minimum atomic E-state index is -0.820. The summed E-state index contributed by atoms with van der Waals surface area (Å²) < 4.78 is 5.08. The van der Waals surface area contributed by atoms with E-state index in [9.17, 15) is 9.59 Å². The summed E-state index contributed by atoms with van der Waals surface area (Å²) in [4.78, 5) is 23.0. The molecule has 2 aromatic rings. The van der Waals surface area contributed by atoms with Gasteiger partial charge in [0, 0.05) is 17.7 Å². The van der Waals surface area contributed by atoms with Gasteiger partial charge in [-0.3, -0.25) is 9.59 Å². The Bertz CT molecular complexity index is 716. The van der Waals surface area contributed by atoms with Crippen molar-refractivity contribution in [1.82, 2.24) is 5.16 Å². The van der Waals surface area contributed by atoms with Gasteiger partial charge in [-0.15, -0.1) is 0 Å². The minimum absolute atomic E-state index is 0.204. The molecule has 1 fully saturated rings. The number of carboxylic acids is 1. The largest absolute Gasteiger partial charge is 0.481 e. The predicted octanol–water partition coefficient (Wildman–Crippen LogP) is 3.07. The van der Waals surface area contributed by atoms with E-state index in [1.807, 2.05) is 12.1 Å². The molecule has 1 aliphatic carbocycles. The van der Waals surface area contributed by atoms with Crippen LogP contribution in [-0.2, 0) is 11.2 Å². The molecule has 1 aliphatic rings. The number of nitrogens with zero attached hydrogens (tertiary/aromatic N) is 1. The Morgan fingerprint density at radius 2 is 2.04 bits per heavy atom. The van der Waals surface area contributed by atoms with Gasteiger partial charge in [0.25, 0.3) is 5.91 Å². The Balaban J connectivity index is 1.60. The van der Waals surface area contributed by atoms with Crippen molar-refractivity contribution in [2.24, 2.45) is 5.92 Å². The number of anilines is 1. The maximum atomic E-state index is 12.1. The van der Waals surface area contributed by atoms with Crippen LogP contribution in [0.25, 0.3) is 0 Å². The zero-order valence-corrected chi connectivity index (χ0v) is 12.8. The fourth-order valence-corrected chi connectivity index (χ4v) is 2.33. The number of carbonyl (C=O) groups excluding carboxylic acids is 1. The third-order valence-corrected chi connectivity index (χ3v) is 3.92. The summed E-state index contributed by atoms with van der Waals surface area (Å²) in [6.45, 7) is 1.67. The first-order chi connectivity index (χ1) is 11.0. The molecule has 3 rings (SSSR count). The van der Waals surface area contributed by atoms with Crippen LogP contribution in [0.15, 0.2) is 34.9 Å². The van der Waals surface area contributed by atoms with Gasteiger partial charge >= 0.3 is 5.97 Å². The fourth-order valence-electron chi connectivity index (χ4n) is 2.33. The number of benzene rings is 1. The molecule has 1 heterocycles. The summed E-state index contributed by atoms with van der Waals surface area (Å²) in [7, 11) is 0. The summed E-state index contributed by atoms with van der Waals surface area (Å²) in [6, 6.07) is 8.81. The van der Waals surface area contributed by atoms with E-state index < -0.39 is 11.9 Å². The number of amides is 1. The standard InChI is InChI=1S/C17H18N2O4/c1-10(17(21)22)8-11-2-6-13(7-3-11)18-16(20)15-9-14(19-23-15)12-4-5-12/h2-3,6-7,9-10,12H,4-5,8H2,1H3,(H,18,20)(H,21,22). The molecule has 1 aromatic heterocycles. The molecule has 23 heavy (non-hydrogen) atoms. The smallest absolute Gasteiger partial charge is 0.306 e. The second-order valence-corrected chi connectivity index (χ2v) is 5.98. The Morgan fingerprint density at radius 3 is 2.65 bits per heavy atom. The van der Waals surface area contributed by atoms with E-state index in [1.54, 1.807) is 25.1 Å². The highest BCUT2D eigenvalue weighted by Crippen LogP contribution is 2.39. The van der Waals surface area contributed by atoms with E-state index in [1.165, 1.54) is 0 Å². The number of aromatic nitrogens is 1. The second-order valence-electron chi connectivity index (χ2n) is 5.98. The first-order valence-corrected chi connectivity index (χ1v) is 7.62. The van der Waals surface area contributed by atoms with Gasteiger partial charge in [-0.05, 0) is 37.0 Å². The molecule has 0 spiro atoms. The van der Waals surface area contributed by atoms with E-state index in [4.69, 9.17) is 9.63 Å². The molecule has 0 radical (unpaired) electrons. The Morgan fingerprint density at radius 1 is 1.35 bits per heavy atom. The molecule has 6 heteroatoms. The summed E-state index contributed by atoms with van der Waals surface area (Å²) in [6.07, 6.45) is 2.66. The average Bonchev–Trinajstić information content (AvgIpc) is 3.26. The lowest BCUT2D eigenvalue weighted by Gasteiger charge is -2.07. The van der Waals surface area contributed by atoms with Crippen LogP contribution in [0, 0.1) is 5.92 Å². The number of rotatable bonds is 6. The van der Waals surface area contributed by atoms with Crippen LogP contribution in [-0.4, -0.2) is 22.1 Å². The van der Waals surface area contributed by atoms with Gasteiger partial charge in [-0.2, -0.15) is 0 Å². The van der Waals surface area contributed by atoms with Crippen molar-refractivity contribution in [1.29, 1.82) is 0 Å². The average molecular weight is 314 g/mol. The number of carboxylic acid groups (broad SMARTS) is 1. The predicted molar refractivity (Wildman–Crippen MR) is 83.4 cm³/mol. The van der Waals surface area contributed by atoms with Crippen LogP contribution >= 0.6 is 0 Å². The zero-order valence-electron chi connectivity index (χ0n) is 12.8. The van der Waals surface area contributed by atoms with Crippen molar-refractivity contribution in [3.8, 4) is 0 Å². The zero-order chi connectivity index (χ0) is 16.4. The van der Waals surface area contributed by atoms with Crippen molar-refractivity contribution < 1.29 is 19.2 Å². The second kappa shape index (κ2) is 6.24. The van der Waals surface area contributed by atoms with Gasteiger partial charge in [0.1, 0.15) is 0 Å². The highest BCUT2D eigenvalue weighted by Gasteiger charge is 2.28. The fraction of sp³-hybridized carbons (Fsp3) is 0.353. The number of hydrogen-bond acceptors (Lipinski definition) is 4. The summed E-state index contributed by atoms with van der Waals surface area (Å²) in [5.41, 5.74) is 2.38. The van der Waals surface area contributed by atoms with Crippen LogP contribution in [0.1, 0.15) is 47.5 Å². The van der Waals surface area contributed by atoms with Crippen LogP contribution in [0.4, 0.5) is 5.69 Å². The number of carbonyl (C=O) groups is 2. The van der Waals surface area contributed by atoms with Gasteiger partial charge in [0.15, 0.2) is 0 Å². The van der Waals surface area contributed by atoms with Crippen molar-refractivity contribution in [2.75, 3.05) is 5.32 Å². The lowest BCUT2D eigenvalue weighted by Crippen LogP contribution is -2.13. The molecular formula is C17H18N2O4. The topological polar surface area (TPSA) is 92.4 Å². The Hall–Kier alpha value is -2.63. The van der Waals surface area contributed by atoms with Gasteiger partial charge in [0.05, 0.1) is 11.6 Å². The monoisotopic (exact) mass is 314 g/mol. The number of hydrogen-bond donors (Lipinski definition) is 2. The highest BCUT2D eigenvalue weighted by atomic mass is 16.5. The van der Waals surface area contributed by atoms with Gasteiger partial charge in [0.2, 0.25) is 5.76 Å². The molecule has 0 aliphatic heterocycles. The Kier molecular flexibility index (Phi) is 4.14. The maximum Gasteiger partial charge on any atom is 0.306 e. The van der Waals surface area contributed by atoms with Gasteiger partial charge in [-0.25, -0.2) is 0 Å². The van der Waals surface area contributed by atoms with E-state index in [0.29, 0.717) is 18.0 Å². The molecule has 2 N–H and O–H groups in total. The van der Waals surface area contributed by atoms with Crippen molar-refractivity contribution in [2.45, 2.75) is 32.1 Å². The minimum Gasteiger partial charge on any atom is -0.481 e. The molecule has 1 unspecified atom stereocenters. The highest BCUT2D eigenvalue weighted by molar-refractivity contribution is 6.02. The SMILES string of the molecule is CC(Cc1ccc(NC(=O)c2cc(C3CC3)no2)cc1)C(=O)O. The van der Waals surface area contributed by atoms with Crippen molar-refractivity contribution in [3.05, 3.63) is 47.3 Å². The van der Waals surface area contributed by atoms with Gasteiger partial charge < -0.3 is 14.9 Å². The molecule has 0 bridgehead atoms. The molecule has 1 amide bonds. The summed E-state index contributed by atoms with van der Waals surface area (Å²) in [5.74, 6) is -0.952. The summed E-state index contributed by atoms with van der Waals surface area (Å²) in [5, 5.41) is 15.6. The van der Waals surface area contributed by atoms with Crippen molar-refractivity contribution in [3.63, 3.8) is 0 Å². The maximum absolute atomic E-state index is 12.1. The normalized spacial score (nSPS) is 15.2. The number of aliphatic carboxylic acids is 1.